The van der Waals surface area contributed by atoms with Gasteiger partial charge in [0.15, 0.2) is 0 Å². The summed E-state index contributed by atoms with van der Waals surface area (Å²) in [4.78, 5) is 84.1. The first-order chi connectivity index (χ1) is 24.4. The molecule has 5 N–H and O–H groups in total. The summed E-state index contributed by atoms with van der Waals surface area (Å²) < 4.78 is 11.8. The monoisotopic (exact) mass is 725 g/mol. The molecular formula is C37H55N7O8. The summed E-state index contributed by atoms with van der Waals surface area (Å²) in [6.07, 6.45) is 6.59. The molecule has 52 heavy (non-hydrogen) atoms. The summed E-state index contributed by atoms with van der Waals surface area (Å²) in [5.74, 6) is -3.31. The molecule has 0 radical (unpaired) electrons. The summed E-state index contributed by atoms with van der Waals surface area (Å²) in [6.45, 7) is 9.60. The van der Waals surface area contributed by atoms with Gasteiger partial charge < -0.3 is 40.6 Å². The van der Waals surface area contributed by atoms with Gasteiger partial charge in [0.05, 0.1) is 13.4 Å². The fourth-order valence-corrected chi connectivity index (χ4v) is 5.96. The van der Waals surface area contributed by atoms with E-state index in [4.69, 9.17) is 9.47 Å². The summed E-state index contributed by atoms with van der Waals surface area (Å²) >= 11 is 0. The summed E-state index contributed by atoms with van der Waals surface area (Å²) in [5, 5.41) is 13.7. The number of esters is 1. The van der Waals surface area contributed by atoms with Crippen molar-refractivity contribution in [3.05, 3.63) is 54.1 Å². The fourth-order valence-electron chi connectivity index (χ4n) is 5.96. The number of hydrogen-bond acceptors (Lipinski definition) is 9. The number of nitrogens with zero attached hydrogens (tertiary/aromatic N) is 2. The highest BCUT2D eigenvalue weighted by Crippen LogP contribution is 2.27. The van der Waals surface area contributed by atoms with Crippen molar-refractivity contribution in [1.29, 1.82) is 0 Å². The van der Waals surface area contributed by atoms with Crippen LogP contribution in [0.1, 0.15) is 84.9 Å². The zero-order valence-electron chi connectivity index (χ0n) is 31.5. The Balaban J connectivity index is 1.83. The lowest BCUT2D eigenvalue weighted by Gasteiger charge is -2.34. The SMILES string of the molecule is COC(=O)[C@H](C)NC(=O)[C@H](Cc1ccccc1)NC(=O)[C@@H](NC(=O)C(C)(C)NC(=O)[C@H](Cc1cncn1C)NC(=O)OC(C)(C)C)C1CCCCC1. The van der Waals surface area contributed by atoms with Crippen LogP contribution >= 0.6 is 0 Å². The van der Waals surface area contributed by atoms with E-state index in [9.17, 15) is 28.8 Å². The van der Waals surface area contributed by atoms with Gasteiger partial charge in [0, 0.05) is 31.8 Å². The quantitative estimate of drug-likeness (QED) is 0.171. The molecule has 0 bridgehead atoms. The van der Waals surface area contributed by atoms with Crippen molar-refractivity contribution >= 4 is 35.7 Å². The lowest BCUT2D eigenvalue weighted by atomic mass is 9.83. The molecule has 0 unspecified atom stereocenters. The number of rotatable bonds is 15. The number of carbonyl (C=O) groups is 6. The number of ether oxygens (including phenoxy) is 2. The van der Waals surface area contributed by atoms with E-state index in [0.29, 0.717) is 18.5 Å². The van der Waals surface area contributed by atoms with Gasteiger partial charge >= 0.3 is 12.1 Å². The van der Waals surface area contributed by atoms with Crippen LogP contribution in [0.15, 0.2) is 42.9 Å². The highest BCUT2D eigenvalue weighted by molar-refractivity contribution is 5.97. The number of methoxy groups -OCH3 is 1. The van der Waals surface area contributed by atoms with Gasteiger partial charge in [-0.1, -0.05) is 49.6 Å². The van der Waals surface area contributed by atoms with Crippen LogP contribution in [0.3, 0.4) is 0 Å². The van der Waals surface area contributed by atoms with E-state index in [1.54, 1.807) is 44.9 Å². The molecule has 2 aromatic rings. The standard InChI is InChI=1S/C37H55N7O8/c1-23(33(48)51-8)39-30(45)27(19-24-15-11-9-12-16-24)40-32(47)29(25-17-13-10-14-18-25)42-34(49)37(5,6)43-31(46)28(20-26-21-38-22-44(26)7)41-35(50)52-36(2,3)4/h9,11-12,15-16,21-23,25,27-29H,10,13-14,17-20H2,1-8H3,(H,39,45)(H,40,47)(H,41,50)(H,42,49)(H,43,46)/t23-,27-,28-,29-/m0/s1. The molecule has 1 aromatic heterocycles. The molecule has 15 nitrogen and oxygen atoms in total. The molecule has 1 heterocycles. The van der Waals surface area contributed by atoms with Crippen LogP contribution in [0.5, 0.6) is 0 Å². The first kappa shape index (κ1) is 41.5. The molecule has 3 rings (SSSR count). The maximum atomic E-state index is 14.1. The molecule has 1 fully saturated rings. The first-order valence-corrected chi connectivity index (χ1v) is 17.7. The second-order valence-corrected chi connectivity index (χ2v) is 14.9. The summed E-state index contributed by atoms with van der Waals surface area (Å²) in [6, 6.07) is 4.91. The maximum Gasteiger partial charge on any atom is 0.408 e. The van der Waals surface area contributed by atoms with Gasteiger partial charge in [-0.15, -0.1) is 0 Å². The molecule has 1 aliphatic rings. The Hall–Kier alpha value is -4.95. The third kappa shape index (κ3) is 12.7. The Labute approximate surface area is 305 Å². The Bertz CT molecular complexity index is 1550. The number of carbonyl (C=O) groups excluding carboxylic acids is 6. The van der Waals surface area contributed by atoms with E-state index in [1.165, 1.54) is 27.9 Å². The van der Waals surface area contributed by atoms with Crippen LogP contribution in [0.4, 0.5) is 4.79 Å². The van der Waals surface area contributed by atoms with Crippen molar-refractivity contribution in [2.24, 2.45) is 13.0 Å². The number of alkyl carbamates (subject to hydrolysis) is 1. The predicted octanol–water partition coefficient (Wildman–Crippen LogP) is 2.22. The molecular weight excluding hydrogens is 670 g/mol. The number of imidazole rings is 1. The second-order valence-electron chi connectivity index (χ2n) is 14.9. The maximum absolute atomic E-state index is 14.1. The summed E-state index contributed by atoms with van der Waals surface area (Å²) in [7, 11) is 2.97. The Morgan fingerprint density at radius 1 is 0.846 bits per heavy atom. The van der Waals surface area contributed by atoms with Crippen LogP contribution in [0.25, 0.3) is 0 Å². The molecule has 1 saturated carbocycles. The van der Waals surface area contributed by atoms with Gasteiger partial charge in [0.2, 0.25) is 23.6 Å². The second kappa shape index (κ2) is 18.5. The normalized spacial score (nSPS) is 15.9. The minimum Gasteiger partial charge on any atom is -0.467 e. The van der Waals surface area contributed by atoms with Crippen LogP contribution in [0, 0.1) is 5.92 Å². The number of hydrogen-bond donors (Lipinski definition) is 5. The zero-order valence-corrected chi connectivity index (χ0v) is 31.5. The van der Waals surface area contributed by atoms with Crippen molar-refractivity contribution in [3.8, 4) is 0 Å². The molecule has 0 saturated heterocycles. The van der Waals surface area contributed by atoms with Crippen molar-refractivity contribution < 1.29 is 38.2 Å². The molecule has 1 aliphatic carbocycles. The Morgan fingerprint density at radius 3 is 2.06 bits per heavy atom. The van der Waals surface area contributed by atoms with Gasteiger partial charge in [-0.2, -0.15) is 0 Å². The number of nitrogens with one attached hydrogen (secondary N) is 5. The van der Waals surface area contributed by atoms with E-state index in [2.05, 4.69) is 31.6 Å². The third-order valence-electron chi connectivity index (χ3n) is 8.86. The van der Waals surface area contributed by atoms with Crippen molar-refractivity contribution in [2.45, 2.75) is 122 Å². The van der Waals surface area contributed by atoms with Crippen LogP contribution in [-0.4, -0.2) is 87.7 Å². The average molecular weight is 726 g/mol. The van der Waals surface area contributed by atoms with E-state index >= 15 is 0 Å². The van der Waals surface area contributed by atoms with Crippen LogP contribution in [-0.2, 0) is 53.3 Å². The van der Waals surface area contributed by atoms with Crippen LogP contribution in [0.2, 0.25) is 0 Å². The average Bonchev–Trinajstić information content (AvgIpc) is 3.49. The van der Waals surface area contributed by atoms with E-state index in [-0.39, 0.29) is 18.8 Å². The lowest BCUT2D eigenvalue weighted by Crippen LogP contribution is -2.64. The van der Waals surface area contributed by atoms with Crippen molar-refractivity contribution in [1.82, 2.24) is 36.1 Å². The highest BCUT2D eigenvalue weighted by Gasteiger charge is 2.39. The molecule has 286 valence electrons. The minimum absolute atomic E-state index is 0.0614. The predicted molar refractivity (Wildman–Crippen MR) is 192 cm³/mol. The molecule has 1 aromatic carbocycles. The van der Waals surface area contributed by atoms with Crippen molar-refractivity contribution in [3.63, 3.8) is 0 Å². The smallest absolute Gasteiger partial charge is 0.408 e. The highest BCUT2D eigenvalue weighted by atomic mass is 16.6. The largest absolute Gasteiger partial charge is 0.467 e. The lowest BCUT2D eigenvalue weighted by molar-refractivity contribution is -0.145. The molecule has 0 spiro atoms. The van der Waals surface area contributed by atoms with E-state index in [1.807, 2.05) is 30.3 Å². The number of benzene rings is 1. The first-order valence-electron chi connectivity index (χ1n) is 17.7. The molecule has 5 amide bonds. The van der Waals surface area contributed by atoms with Gasteiger partial charge in [0.1, 0.15) is 35.3 Å². The van der Waals surface area contributed by atoms with Gasteiger partial charge in [-0.05, 0) is 65.9 Å². The van der Waals surface area contributed by atoms with Crippen molar-refractivity contribution in [2.75, 3.05) is 7.11 Å². The molecule has 4 atom stereocenters. The van der Waals surface area contributed by atoms with E-state index in [0.717, 1.165) is 24.8 Å². The van der Waals surface area contributed by atoms with Gasteiger partial charge in [-0.25, -0.2) is 14.6 Å². The topological polar surface area (TPSA) is 199 Å². The summed E-state index contributed by atoms with van der Waals surface area (Å²) in [5.41, 5.74) is -0.924. The molecule has 0 aliphatic heterocycles. The van der Waals surface area contributed by atoms with Gasteiger partial charge in [0.25, 0.3) is 0 Å². The zero-order chi connectivity index (χ0) is 38.6. The third-order valence-corrected chi connectivity index (χ3v) is 8.86. The Kier molecular flexibility index (Phi) is 14.8. The minimum atomic E-state index is -1.54. The van der Waals surface area contributed by atoms with Crippen LogP contribution < -0.4 is 26.6 Å². The Morgan fingerprint density at radius 2 is 1.48 bits per heavy atom. The van der Waals surface area contributed by atoms with E-state index < -0.39 is 71.0 Å². The van der Waals surface area contributed by atoms with Gasteiger partial charge in [-0.3, -0.25) is 19.2 Å². The molecule has 15 heteroatoms. The number of aryl methyl sites for hydroxylation is 1. The number of amides is 5. The number of aromatic nitrogens is 2. The fraction of sp³-hybridized carbons (Fsp3) is 0.595.